The molecule has 1 aromatic heterocycles. The van der Waals surface area contributed by atoms with Gasteiger partial charge in [-0.25, -0.2) is 14.6 Å². The van der Waals surface area contributed by atoms with E-state index in [-0.39, 0.29) is 12.1 Å². The molecule has 0 aliphatic carbocycles. The Morgan fingerprint density at radius 3 is 2.65 bits per heavy atom. The number of carboxylic acid groups (broad SMARTS) is 1. The van der Waals surface area contributed by atoms with E-state index in [9.17, 15) is 9.59 Å². The number of amides is 1. The highest BCUT2D eigenvalue weighted by atomic mass is 16.6. The summed E-state index contributed by atoms with van der Waals surface area (Å²) in [5.41, 5.74) is 1.85. The van der Waals surface area contributed by atoms with Gasteiger partial charge in [0.25, 0.3) is 0 Å². The first kappa shape index (κ1) is 22.3. The summed E-state index contributed by atoms with van der Waals surface area (Å²) in [4.78, 5) is 34.0. The molecule has 0 unspecified atom stereocenters. The van der Waals surface area contributed by atoms with E-state index in [1.165, 1.54) is 0 Å². The number of carbonyl (C=O) groups excluding carboxylic acids is 1. The summed E-state index contributed by atoms with van der Waals surface area (Å²) in [5, 5.41) is 11.8. The molecule has 2 N–H and O–H groups in total. The molecule has 164 valence electrons. The highest BCUT2D eigenvalue weighted by Gasteiger charge is 2.24. The van der Waals surface area contributed by atoms with Crippen molar-refractivity contribution >= 4 is 24.0 Å². The van der Waals surface area contributed by atoms with Crippen molar-refractivity contribution in [3.63, 3.8) is 0 Å². The first-order valence-electron chi connectivity index (χ1n) is 10.3. The van der Waals surface area contributed by atoms with E-state index in [1.807, 2.05) is 45.0 Å². The molecule has 1 aliphatic rings. The minimum absolute atomic E-state index is 0.0694. The number of nitrogens with zero attached hydrogens (tertiary/aromatic N) is 3. The minimum Gasteiger partial charge on any atom is -0.478 e. The number of aromatic nitrogens is 2. The molecule has 1 fully saturated rings. The molecule has 0 radical (unpaired) electrons. The molecule has 2 aromatic rings. The number of anilines is 1. The highest BCUT2D eigenvalue weighted by molar-refractivity contribution is 5.85. The summed E-state index contributed by atoms with van der Waals surface area (Å²) >= 11 is 0. The van der Waals surface area contributed by atoms with Gasteiger partial charge in [0, 0.05) is 30.8 Å². The number of carbonyl (C=O) groups is 2. The van der Waals surface area contributed by atoms with Gasteiger partial charge in [0.05, 0.1) is 18.1 Å². The van der Waals surface area contributed by atoms with E-state index >= 15 is 0 Å². The van der Waals surface area contributed by atoms with Crippen LogP contribution in [0.15, 0.2) is 42.7 Å². The van der Waals surface area contributed by atoms with Crippen LogP contribution < -0.4 is 10.2 Å². The monoisotopic (exact) mass is 424 g/mol. The Morgan fingerprint density at radius 2 is 1.97 bits per heavy atom. The Labute approximate surface area is 182 Å². The second kappa shape index (κ2) is 9.59. The van der Waals surface area contributed by atoms with Gasteiger partial charge in [0.15, 0.2) is 0 Å². The van der Waals surface area contributed by atoms with E-state index in [0.29, 0.717) is 0 Å². The lowest BCUT2D eigenvalue weighted by molar-refractivity contribution is -0.131. The van der Waals surface area contributed by atoms with E-state index in [1.54, 1.807) is 18.5 Å². The summed E-state index contributed by atoms with van der Waals surface area (Å²) in [6, 6.07) is 7.56. The lowest BCUT2D eigenvalue weighted by Crippen LogP contribution is -2.46. The van der Waals surface area contributed by atoms with Crippen molar-refractivity contribution in [3.8, 4) is 11.3 Å². The van der Waals surface area contributed by atoms with E-state index in [2.05, 4.69) is 15.2 Å². The topological polar surface area (TPSA) is 105 Å². The predicted molar refractivity (Wildman–Crippen MR) is 119 cm³/mol. The molecular formula is C23H28N4O4. The highest BCUT2D eigenvalue weighted by Crippen LogP contribution is 2.23. The van der Waals surface area contributed by atoms with Crippen molar-refractivity contribution in [2.45, 2.75) is 45.3 Å². The molecule has 1 aliphatic heterocycles. The van der Waals surface area contributed by atoms with Crippen LogP contribution in [0.1, 0.15) is 39.2 Å². The molecule has 3 rings (SSSR count). The molecular weight excluding hydrogens is 396 g/mol. The van der Waals surface area contributed by atoms with Crippen LogP contribution in [-0.4, -0.2) is 51.9 Å². The Bertz CT molecular complexity index is 960. The molecule has 0 spiro atoms. The van der Waals surface area contributed by atoms with Gasteiger partial charge in [0.2, 0.25) is 0 Å². The minimum atomic E-state index is -0.989. The molecule has 2 heterocycles. The summed E-state index contributed by atoms with van der Waals surface area (Å²) in [6.07, 6.45) is 7.29. The first-order chi connectivity index (χ1) is 14.7. The lowest BCUT2D eigenvalue weighted by Gasteiger charge is -2.33. The number of ether oxygens (including phenoxy) is 1. The van der Waals surface area contributed by atoms with Gasteiger partial charge in [-0.05, 0) is 51.3 Å². The fourth-order valence-corrected chi connectivity index (χ4v) is 3.34. The lowest BCUT2D eigenvalue weighted by atomic mass is 10.1. The van der Waals surface area contributed by atoms with Crippen molar-refractivity contribution in [1.29, 1.82) is 0 Å². The van der Waals surface area contributed by atoms with Crippen molar-refractivity contribution in [2.75, 3.05) is 18.0 Å². The molecule has 0 saturated carbocycles. The van der Waals surface area contributed by atoms with Crippen LogP contribution in [0.25, 0.3) is 17.3 Å². The average Bonchev–Trinajstić information content (AvgIpc) is 2.72. The molecule has 8 nitrogen and oxygen atoms in total. The zero-order chi connectivity index (χ0) is 22.4. The molecule has 1 saturated heterocycles. The average molecular weight is 425 g/mol. The van der Waals surface area contributed by atoms with Gasteiger partial charge in [-0.1, -0.05) is 18.2 Å². The van der Waals surface area contributed by atoms with Crippen LogP contribution >= 0.6 is 0 Å². The van der Waals surface area contributed by atoms with Crippen molar-refractivity contribution in [3.05, 3.63) is 48.3 Å². The quantitative estimate of drug-likeness (QED) is 0.705. The summed E-state index contributed by atoms with van der Waals surface area (Å²) < 4.78 is 5.33. The fraction of sp³-hybridized carbons (Fsp3) is 0.391. The summed E-state index contributed by atoms with van der Waals surface area (Å²) in [5.74, 6) is -0.212. The van der Waals surface area contributed by atoms with Crippen LogP contribution in [0.4, 0.5) is 10.6 Å². The molecule has 1 aromatic carbocycles. The second-order valence-corrected chi connectivity index (χ2v) is 8.47. The summed E-state index contributed by atoms with van der Waals surface area (Å²) in [7, 11) is 0. The van der Waals surface area contributed by atoms with Crippen molar-refractivity contribution < 1.29 is 19.4 Å². The van der Waals surface area contributed by atoms with Crippen molar-refractivity contribution in [1.82, 2.24) is 15.3 Å². The third-order valence-corrected chi connectivity index (χ3v) is 4.76. The van der Waals surface area contributed by atoms with Crippen LogP contribution in [0.5, 0.6) is 0 Å². The number of piperidine rings is 1. The molecule has 0 atom stereocenters. The van der Waals surface area contributed by atoms with Gasteiger partial charge >= 0.3 is 12.1 Å². The number of alkyl carbamates (subject to hydrolysis) is 1. The third-order valence-electron chi connectivity index (χ3n) is 4.76. The van der Waals surface area contributed by atoms with Crippen LogP contribution in [0.3, 0.4) is 0 Å². The normalized spacial score (nSPS) is 15.1. The van der Waals surface area contributed by atoms with Gasteiger partial charge in [0.1, 0.15) is 11.4 Å². The number of aliphatic carboxylic acids is 1. The van der Waals surface area contributed by atoms with Crippen molar-refractivity contribution in [2.24, 2.45) is 0 Å². The molecule has 1 amide bonds. The number of hydrogen-bond donors (Lipinski definition) is 2. The molecule has 31 heavy (non-hydrogen) atoms. The van der Waals surface area contributed by atoms with Gasteiger partial charge < -0.3 is 20.1 Å². The van der Waals surface area contributed by atoms with Gasteiger partial charge in [-0.3, -0.25) is 4.98 Å². The van der Waals surface area contributed by atoms with Crippen LogP contribution in [0, 0.1) is 0 Å². The van der Waals surface area contributed by atoms with Crippen LogP contribution in [-0.2, 0) is 9.53 Å². The second-order valence-electron chi connectivity index (χ2n) is 8.47. The zero-order valence-corrected chi connectivity index (χ0v) is 18.0. The number of benzene rings is 1. The largest absolute Gasteiger partial charge is 0.478 e. The Morgan fingerprint density at radius 1 is 1.23 bits per heavy atom. The first-order valence-corrected chi connectivity index (χ1v) is 10.3. The Kier molecular flexibility index (Phi) is 6.89. The number of nitrogens with one attached hydrogen (secondary N) is 1. The maximum absolute atomic E-state index is 12.0. The summed E-state index contributed by atoms with van der Waals surface area (Å²) in [6.45, 7) is 7.04. The third kappa shape index (κ3) is 6.80. The number of rotatable bonds is 5. The van der Waals surface area contributed by atoms with Gasteiger partial charge in [-0.15, -0.1) is 0 Å². The smallest absolute Gasteiger partial charge is 0.407 e. The SMILES string of the molecule is CC(C)(C)OC(=O)NC1CCN(c2cncc(-c3cccc(C=CC(=O)O)c3)n2)CC1. The number of hydrogen-bond acceptors (Lipinski definition) is 6. The van der Waals surface area contributed by atoms with E-state index in [0.717, 1.165) is 54.6 Å². The Hall–Kier alpha value is -3.42. The van der Waals surface area contributed by atoms with Gasteiger partial charge in [-0.2, -0.15) is 0 Å². The maximum Gasteiger partial charge on any atom is 0.407 e. The Balaban J connectivity index is 1.63. The van der Waals surface area contributed by atoms with E-state index < -0.39 is 11.6 Å². The molecule has 0 bridgehead atoms. The van der Waals surface area contributed by atoms with Crippen LogP contribution in [0.2, 0.25) is 0 Å². The number of carboxylic acids is 1. The standard InChI is InChI=1S/C23H28N4O4/c1-23(2,3)31-22(30)25-18-9-11-27(12-10-18)20-15-24-14-19(26-20)17-6-4-5-16(13-17)7-8-21(28)29/h4-8,13-15,18H,9-12H2,1-3H3,(H,25,30)(H,28,29). The maximum atomic E-state index is 12.0. The molecule has 8 heteroatoms. The zero-order valence-electron chi connectivity index (χ0n) is 18.0. The van der Waals surface area contributed by atoms with E-state index in [4.69, 9.17) is 14.8 Å². The fourth-order valence-electron chi connectivity index (χ4n) is 3.34. The predicted octanol–water partition coefficient (Wildman–Crippen LogP) is 3.73.